The number of aromatic nitrogens is 2. The van der Waals surface area contributed by atoms with E-state index in [4.69, 9.17) is 5.11 Å². The molecule has 2 aliphatic rings. The van der Waals surface area contributed by atoms with Crippen molar-refractivity contribution in [3.63, 3.8) is 0 Å². The summed E-state index contributed by atoms with van der Waals surface area (Å²) in [7, 11) is 0. The Balaban J connectivity index is 0.000000451. The third kappa shape index (κ3) is 9.11. The zero-order valence-corrected chi connectivity index (χ0v) is 29.7. The number of piperidine rings is 2. The Hall–Kier alpha value is -5.35. The van der Waals surface area contributed by atoms with Crippen LogP contribution in [0.2, 0.25) is 0 Å². The van der Waals surface area contributed by atoms with E-state index in [1.807, 2.05) is 71.3 Å². The molecule has 52 heavy (non-hydrogen) atoms. The Bertz CT molecular complexity index is 1900. The lowest BCUT2D eigenvalue weighted by Gasteiger charge is -2.38. The van der Waals surface area contributed by atoms with Crippen molar-refractivity contribution in [2.45, 2.75) is 70.1 Å². The van der Waals surface area contributed by atoms with E-state index in [1.165, 1.54) is 22.4 Å². The summed E-state index contributed by atoms with van der Waals surface area (Å²) in [5.74, 6) is 0. The van der Waals surface area contributed by atoms with Gasteiger partial charge in [0.2, 0.25) is 0 Å². The van der Waals surface area contributed by atoms with E-state index in [0.29, 0.717) is 19.4 Å². The van der Waals surface area contributed by atoms with Crippen molar-refractivity contribution in [1.82, 2.24) is 23.8 Å². The first kappa shape index (κ1) is 36.4. The number of fused-ring (bicyclic) bond motifs is 1. The smallest absolute Gasteiger partial charge is 0.407 e. The van der Waals surface area contributed by atoms with E-state index in [-0.39, 0.29) is 17.8 Å². The fourth-order valence-electron chi connectivity index (χ4n) is 7.67. The maximum Gasteiger partial charge on any atom is 0.407 e. The highest BCUT2D eigenvalue weighted by Crippen LogP contribution is 2.32. The van der Waals surface area contributed by atoms with Gasteiger partial charge in [0.15, 0.2) is 0 Å². The van der Waals surface area contributed by atoms with E-state index in [2.05, 4.69) is 53.4 Å². The maximum absolute atomic E-state index is 14.0. The van der Waals surface area contributed by atoms with Gasteiger partial charge in [0.1, 0.15) is 0 Å². The molecule has 3 heterocycles. The minimum Gasteiger partial charge on any atom is -0.465 e. The first-order valence-electron chi connectivity index (χ1n) is 18.4. The van der Waals surface area contributed by atoms with Gasteiger partial charge in [-0.25, -0.2) is 14.4 Å². The predicted molar refractivity (Wildman–Crippen MR) is 204 cm³/mol. The molecule has 2 amide bonds. The molecule has 2 saturated heterocycles. The molecule has 0 bridgehead atoms. The number of para-hydroxylation sites is 3. The van der Waals surface area contributed by atoms with E-state index in [1.54, 1.807) is 9.47 Å². The van der Waals surface area contributed by atoms with Crippen molar-refractivity contribution in [2.24, 2.45) is 0 Å². The molecule has 2 fully saturated rings. The molecule has 2 N–H and O–H groups in total. The average Bonchev–Trinajstić information content (AvgIpc) is 3.48. The number of hydrogen-bond acceptors (Lipinski definition) is 4. The summed E-state index contributed by atoms with van der Waals surface area (Å²) in [5, 5.41) is 18.5. The largest absolute Gasteiger partial charge is 0.465 e. The van der Waals surface area contributed by atoms with Crippen LogP contribution in [0.5, 0.6) is 0 Å². The molecule has 7 rings (SSSR count). The van der Waals surface area contributed by atoms with Crippen LogP contribution in [0.3, 0.4) is 0 Å². The molecule has 5 aromatic rings. The Labute approximate surface area is 305 Å². The summed E-state index contributed by atoms with van der Waals surface area (Å²) in [6.07, 6.45) is 4.44. The first-order chi connectivity index (χ1) is 25.4. The Morgan fingerprint density at radius 1 is 0.673 bits per heavy atom. The quantitative estimate of drug-likeness (QED) is 0.152. The van der Waals surface area contributed by atoms with Gasteiger partial charge in [0.25, 0.3) is 0 Å². The van der Waals surface area contributed by atoms with Crippen molar-refractivity contribution >= 4 is 23.2 Å². The first-order valence-corrected chi connectivity index (χ1v) is 18.4. The summed E-state index contributed by atoms with van der Waals surface area (Å²) in [5.41, 5.74) is 5.04. The van der Waals surface area contributed by atoms with Gasteiger partial charge in [-0.05, 0) is 86.9 Å². The maximum atomic E-state index is 14.0. The second-order valence-electron chi connectivity index (χ2n) is 13.8. The molecule has 10 heteroatoms. The van der Waals surface area contributed by atoms with E-state index >= 15 is 0 Å². The van der Waals surface area contributed by atoms with E-state index in [0.717, 1.165) is 75.1 Å². The summed E-state index contributed by atoms with van der Waals surface area (Å²) in [6, 6.07) is 38.3. The topological polar surface area (TPSA) is 111 Å². The molecular formula is C42H49N5O5. The minimum atomic E-state index is -0.882. The molecule has 0 radical (unpaired) electrons. The standard InChI is InChI=1S/C36H38N4O3.C6H11NO2/c41-35-39(30-17-8-3-9-18-30)33-20-10-11-21-34(33)40(35)32-22-24-38(36(42)43)31(25-32)19-12-23-37(26-28-13-4-1-5-14-28)27-29-15-6-2-7-16-29;8-6(9)7-4-2-1-3-5-7/h1-11,13-18,20-21,31-32H,12,19,22-27H2,(H,42,43);1-5H2,(H,8,9)/t31-,32?;/m0./s1. The minimum absolute atomic E-state index is 0.0724. The van der Waals surface area contributed by atoms with Crippen molar-refractivity contribution in [3.05, 3.63) is 137 Å². The monoisotopic (exact) mass is 703 g/mol. The van der Waals surface area contributed by atoms with Gasteiger partial charge in [-0.1, -0.05) is 91.0 Å². The number of carbonyl (C=O) groups is 2. The molecule has 272 valence electrons. The van der Waals surface area contributed by atoms with Crippen LogP contribution in [-0.4, -0.2) is 78.5 Å². The Morgan fingerprint density at radius 3 is 1.79 bits per heavy atom. The van der Waals surface area contributed by atoms with Crippen LogP contribution < -0.4 is 5.69 Å². The van der Waals surface area contributed by atoms with Crippen molar-refractivity contribution in [3.8, 4) is 5.69 Å². The molecule has 2 aliphatic heterocycles. The highest BCUT2D eigenvalue weighted by atomic mass is 16.4. The van der Waals surface area contributed by atoms with E-state index in [9.17, 15) is 19.5 Å². The van der Waals surface area contributed by atoms with Crippen LogP contribution in [0, 0.1) is 0 Å². The van der Waals surface area contributed by atoms with Gasteiger partial charge in [-0.3, -0.25) is 14.0 Å². The molecule has 0 aliphatic carbocycles. The van der Waals surface area contributed by atoms with Gasteiger partial charge in [0, 0.05) is 44.8 Å². The molecule has 10 nitrogen and oxygen atoms in total. The second-order valence-corrected chi connectivity index (χ2v) is 13.8. The van der Waals surface area contributed by atoms with Crippen LogP contribution in [0.15, 0.2) is 120 Å². The van der Waals surface area contributed by atoms with Gasteiger partial charge >= 0.3 is 17.9 Å². The molecule has 1 unspecified atom stereocenters. The van der Waals surface area contributed by atoms with Gasteiger partial charge in [0.05, 0.1) is 16.7 Å². The third-order valence-corrected chi connectivity index (χ3v) is 10.2. The molecular weight excluding hydrogens is 654 g/mol. The fraction of sp³-hybridized carbons (Fsp3) is 0.357. The molecule has 1 aromatic heterocycles. The van der Waals surface area contributed by atoms with Gasteiger partial charge in [-0.15, -0.1) is 0 Å². The molecule has 0 saturated carbocycles. The zero-order chi connectivity index (χ0) is 36.3. The number of carboxylic acid groups (broad SMARTS) is 2. The van der Waals surface area contributed by atoms with Gasteiger partial charge in [-0.2, -0.15) is 0 Å². The van der Waals surface area contributed by atoms with Crippen LogP contribution in [0.4, 0.5) is 9.59 Å². The number of nitrogens with zero attached hydrogens (tertiary/aromatic N) is 5. The number of imidazole rings is 1. The number of likely N-dealkylation sites (tertiary alicyclic amines) is 2. The SMILES string of the molecule is O=C(O)N1CCC(n2c(=O)n(-c3ccccc3)c3ccccc32)C[C@@H]1CCCN(Cc1ccccc1)Cc1ccccc1.O=C(O)N1CCCCC1. The predicted octanol–water partition coefficient (Wildman–Crippen LogP) is 8.11. The number of hydrogen-bond donors (Lipinski definition) is 2. The average molecular weight is 704 g/mol. The van der Waals surface area contributed by atoms with Gasteiger partial charge < -0.3 is 20.0 Å². The van der Waals surface area contributed by atoms with Crippen molar-refractivity contribution in [1.29, 1.82) is 0 Å². The molecule has 0 spiro atoms. The van der Waals surface area contributed by atoms with E-state index < -0.39 is 12.2 Å². The summed E-state index contributed by atoms with van der Waals surface area (Å²) < 4.78 is 3.69. The van der Waals surface area contributed by atoms with Crippen LogP contribution in [0.25, 0.3) is 16.7 Å². The summed E-state index contributed by atoms with van der Waals surface area (Å²) in [4.78, 5) is 42.0. The number of amides is 2. The fourth-order valence-corrected chi connectivity index (χ4v) is 7.67. The van der Waals surface area contributed by atoms with Crippen LogP contribution in [0.1, 0.15) is 62.1 Å². The normalized spacial score (nSPS) is 17.5. The zero-order valence-electron chi connectivity index (χ0n) is 29.7. The highest BCUT2D eigenvalue weighted by Gasteiger charge is 2.34. The highest BCUT2D eigenvalue weighted by molar-refractivity contribution is 5.78. The lowest BCUT2D eigenvalue weighted by molar-refractivity contribution is 0.0852. The lowest BCUT2D eigenvalue weighted by Crippen LogP contribution is -2.47. The van der Waals surface area contributed by atoms with Crippen molar-refractivity contribution in [2.75, 3.05) is 26.2 Å². The van der Waals surface area contributed by atoms with Crippen LogP contribution in [-0.2, 0) is 13.1 Å². The summed E-state index contributed by atoms with van der Waals surface area (Å²) in [6.45, 7) is 4.40. The third-order valence-electron chi connectivity index (χ3n) is 10.2. The summed E-state index contributed by atoms with van der Waals surface area (Å²) >= 11 is 0. The molecule has 2 atom stereocenters. The lowest BCUT2D eigenvalue weighted by atomic mass is 9.93. The second kappa shape index (κ2) is 17.7. The Kier molecular flexibility index (Phi) is 12.4. The Morgan fingerprint density at radius 2 is 1.23 bits per heavy atom. The molecule has 4 aromatic carbocycles. The number of rotatable bonds is 10. The van der Waals surface area contributed by atoms with Crippen LogP contribution >= 0.6 is 0 Å². The van der Waals surface area contributed by atoms with Crippen molar-refractivity contribution < 1.29 is 19.8 Å². The number of benzene rings is 4.